The van der Waals surface area contributed by atoms with Crippen LogP contribution in [0.5, 0.6) is 0 Å². The van der Waals surface area contributed by atoms with E-state index >= 15 is 0 Å². The molecule has 2 aromatic heterocycles. The minimum atomic E-state index is -1.33. The zero-order valence-corrected chi connectivity index (χ0v) is 11.5. The number of hydrogen-bond acceptors (Lipinski definition) is 2. The summed E-state index contributed by atoms with van der Waals surface area (Å²) in [5.74, 6) is -0.00267. The minimum absolute atomic E-state index is 0.00267. The quantitative estimate of drug-likeness (QED) is 0.809. The Bertz CT molecular complexity index is 592. The van der Waals surface area contributed by atoms with Gasteiger partial charge in [0.05, 0.1) is 6.20 Å². The van der Waals surface area contributed by atoms with E-state index in [2.05, 4.69) is 10.1 Å². The van der Waals surface area contributed by atoms with E-state index in [-0.39, 0.29) is 18.8 Å². The Hall–Kier alpha value is -1.49. The maximum absolute atomic E-state index is 13.2. The highest BCUT2D eigenvalue weighted by molar-refractivity contribution is 6.32. The van der Waals surface area contributed by atoms with E-state index in [9.17, 15) is 8.78 Å². The summed E-state index contributed by atoms with van der Waals surface area (Å²) in [6.45, 7) is 0.527. The van der Waals surface area contributed by atoms with Gasteiger partial charge in [0, 0.05) is 30.1 Å². The Labute approximate surface area is 120 Å². The van der Waals surface area contributed by atoms with Gasteiger partial charge in [-0.15, -0.1) is 0 Å². The maximum Gasteiger partial charge on any atom is 0.136 e. The third-order valence-corrected chi connectivity index (χ3v) is 3.96. The molecule has 3 nitrogen and oxygen atoms in total. The van der Waals surface area contributed by atoms with Crippen LogP contribution in [0.4, 0.5) is 8.78 Å². The van der Waals surface area contributed by atoms with Gasteiger partial charge in [0.1, 0.15) is 17.5 Å². The second-order valence-corrected chi connectivity index (χ2v) is 5.52. The van der Waals surface area contributed by atoms with Crippen LogP contribution in [0, 0.1) is 5.92 Å². The maximum atomic E-state index is 13.2. The average molecular weight is 298 g/mol. The van der Waals surface area contributed by atoms with Gasteiger partial charge in [-0.3, -0.25) is 4.68 Å². The molecule has 1 saturated carbocycles. The van der Waals surface area contributed by atoms with Crippen molar-refractivity contribution in [2.24, 2.45) is 5.92 Å². The van der Waals surface area contributed by atoms with Gasteiger partial charge < -0.3 is 0 Å². The van der Waals surface area contributed by atoms with E-state index < -0.39 is 12.3 Å². The van der Waals surface area contributed by atoms with Crippen molar-refractivity contribution in [3.63, 3.8) is 0 Å². The van der Waals surface area contributed by atoms with Gasteiger partial charge >= 0.3 is 0 Å². The monoisotopic (exact) mass is 297 g/mol. The number of hydrogen-bond donors (Lipinski definition) is 0. The molecule has 0 saturated heterocycles. The summed E-state index contributed by atoms with van der Waals surface area (Å²) in [4.78, 5) is 4.02. The molecule has 106 valence electrons. The first-order chi connectivity index (χ1) is 9.63. The molecule has 3 rings (SSSR count). The van der Waals surface area contributed by atoms with Crippen LogP contribution in [0.15, 0.2) is 30.7 Å². The van der Waals surface area contributed by atoms with Crippen molar-refractivity contribution in [1.82, 2.24) is 14.8 Å². The Morgan fingerprint density at radius 2 is 2.05 bits per heavy atom. The van der Waals surface area contributed by atoms with E-state index in [1.807, 2.05) is 12.3 Å². The molecule has 6 heteroatoms. The van der Waals surface area contributed by atoms with Gasteiger partial charge in [0.15, 0.2) is 0 Å². The topological polar surface area (TPSA) is 30.7 Å². The lowest BCUT2D eigenvalue weighted by molar-refractivity contribution is 0.199. The predicted molar refractivity (Wildman–Crippen MR) is 73.0 cm³/mol. The van der Waals surface area contributed by atoms with Crippen molar-refractivity contribution in [1.29, 1.82) is 0 Å². The SMILES string of the molecule is F[C@H]1CC(Cn2cc(-c3cccnc3Cl)cn2)C[C@@H]1F. The van der Waals surface area contributed by atoms with Gasteiger partial charge in [-0.25, -0.2) is 13.8 Å². The molecule has 0 unspecified atom stereocenters. The van der Waals surface area contributed by atoms with Crippen LogP contribution in [0.1, 0.15) is 12.8 Å². The standard InChI is InChI=1S/C14H14ClF2N3/c15-14-11(2-1-3-18-14)10-6-19-20(8-10)7-9-4-12(16)13(17)5-9/h1-3,6,8-9,12-13H,4-5,7H2/t12-,13-/m0/s1. The molecule has 0 radical (unpaired) electrons. The molecule has 0 N–H and O–H groups in total. The summed E-state index contributed by atoms with van der Waals surface area (Å²) >= 11 is 6.03. The van der Waals surface area contributed by atoms with Gasteiger partial charge in [0.25, 0.3) is 0 Å². The van der Waals surface area contributed by atoms with Gasteiger partial charge in [-0.2, -0.15) is 5.10 Å². The van der Waals surface area contributed by atoms with E-state index in [1.165, 1.54) is 0 Å². The van der Waals surface area contributed by atoms with E-state index in [0.29, 0.717) is 11.7 Å². The summed E-state index contributed by atoms with van der Waals surface area (Å²) in [6.07, 6.45) is 3.02. The number of aromatic nitrogens is 3. The molecule has 0 aromatic carbocycles. The first kappa shape index (κ1) is 13.5. The number of rotatable bonds is 3. The third kappa shape index (κ3) is 2.68. The fourth-order valence-corrected chi connectivity index (χ4v) is 2.87. The molecular weight excluding hydrogens is 284 g/mol. The first-order valence-corrected chi connectivity index (χ1v) is 6.93. The zero-order valence-electron chi connectivity index (χ0n) is 10.7. The van der Waals surface area contributed by atoms with Crippen LogP contribution in [-0.2, 0) is 6.54 Å². The number of halogens is 3. The normalized spacial score (nSPS) is 23.4. The van der Waals surface area contributed by atoms with E-state index in [4.69, 9.17) is 11.6 Å². The Morgan fingerprint density at radius 1 is 1.30 bits per heavy atom. The van der Waals surface area contributed by atoms with Crippen molar-refractivity contribution in [3.8, 4) is 11.1 Å². The molecule has 2 aromatic rings. The molecule has 1 fully saturated rings. The molecular formula is C14H14ClF2N3. The fourth-order valence-electron chi connectivity index (χ4n) is 2.65. The molecule has 1 aliphatic rings. The summed E-state index contributed by atoms with van der Waals surface area (Å²) in [5, 5.41) is 4.65. The summed E-state index contributed by atoms with van der Waals surface area (Å²) in [6, 6.07) is 3.67. The second kappa shape index (κ2) is 5.48. The first-order valence-electron chi connectivity index (χ1n) is 6.55. The highest BCUT2D eigenvalue weighted by Gasteiger charge is 2.34. The minimum Gasteiger partial charge on any atom is -0.272 e. The molecule has 0 aliphatic heterocycles. The lowest BCUT2D eigenvalue weighted by Crippen LogP contribution is -2.08. The predicted octanol–water partition coefficient (Wildman–Crippen LogP) is 3.68. The van der Waals surface area contributed by atoms with Crippen LogP contribution in [0.25, 0.3) is 11.1 Å². The fraction of sp³-hybridized carbons (Fsp3) is 0.429. The van der Waals surface area contributed by atoms with Crippen molar-refractivity contribution in [2.75, 3.05) is 0 Å². The van der Waals surface area contributed by atoms with Crippen molar-refractivity contribution < 1.29 is 8.78 Å². The summed E-state index contributed by atoms with van der Waals surface area (Å²) in [5.41, 5.74) is 1.66. The van der Waals surface area contributed by atoms with Crippen LogP contribution in [0.3, 0.4) is 0 Å². The van der Waals surface area contributed by atoms with Crippen molar-refractivity contribution in [3.05, 3.63) is 35.9 Å². The molecule has 2 heterocycles. The number of nitrogens with zero attached hydrogens (tertiary/aromatic N) is 3. The van der Waals surface area contributed by atoms with Crippen molar-refractivity contribution in [2.45, 2.75) is 31.7 Å². The lowest BCUT2D eigenvalue weighted by atomic mass is 10.1. The van der Waals surface area contributed by atoms with E-state index in [0.717, 1.165) is 11.1 Å². The summed E-state index contributed by atoms with van der Waals surface area (Å²) in [7, 11) is 0. The molecule has 2 atom stereocenters. The number of pyridine rings is 1. The molecule has 20 heavy (non-hydrogen) atoms. The van der Waals surface area contributed by atoms with Crippen LogP contribution < -0.4 is 0 Å². The van der Waals surface area contributed by atoms with Crippen LogP contribution >= 0.6 is 11.6 Å². The Kier molecular flexibility index (Phi) is 3.70. The Morgan fingerprint density at radius 3 is 2.75 bits per heavy atom. The third-order valence-electron chi connectivity index (χ3n) is 3.66. The van der Waals surface area contributed by atoms with E-state index in [1.54, 1.807) is 23.1 Å². The Balaban J connectivity index is 1.73. The highest BCUT2D eigenvalue weighted by atomic mass is 35.5. The number of alkyl halides is 2. The van der Waals surface area contributed by atoms with Crippen LogP contribution in [-0.4, -0.2) is 27.1 Å². The second-order valence-electron chi connectivity index (χ2n) is 5.16. The molecule has 1 aliphatic carbocycles. The van der Waals surface area contributed by atoms with Gasteiger partial charge in [0.2, 0.25) is 0 Å². The largest absolute Gasteiger partial charge is 0.272 e. The van der Waals surface area contributed by atoms with Gasteiger partial charge in [-0.1, -0.05) is 11.6 Å². The average Bonchev–Trinajstić information content (AvgIpc) is 2.98. The zero-order chi connectivity index (χ0) is 14.1. The lowest BCUT2D eigenvalue weighted by Gasteiger charge is -2.08. The van der Waals surface area contributed by atoms with Crippen LogP contribution in [0.2, 0.25) is 5.15 Å². The molecule has 0 bridgehead atoms. The highest BCUT2D eigenvalue weighted by Crippen LogP contribution is 2.32. The van der Waals surface area contributed by atoms with Crippen molar-refractivity contribution >= 4 is 11.6 Å². The molecule has 0 amide bonds. The molecule has 0 spiro atoms. The summed E-state index contributed by atoms with van der Waals surface area (Å²) < 4.78 is 28.0. The van der Waals surface area contributed by atoms with Gasteiger partial charge in [-0.05, 0) is 30.9 Å². The smallest absolute Gasteiger partial charge is 0.136 e.